The zero-order valence-corrected chi connectivity index (χ0v) is 7.27. The summed E-state index contributed by atoms with van der Waals surface area (Å²) in [4.78, 5) is 5.71. The van der Waals surface area contributed by atoms with Gasteiger partial charge < -0.3 is 0 Å². The van der Waals surface area contributed by atoms with Crippen LogP contribution in [0.2, 0.25) is 0 Å². The van der Waals surface area contributed by atoms with Gasteiger partial charge in [0.15, 0.2) is 0 Å². The smallest absolute Gasteiger partial charge is 0.0844 e. The number of hydrogen-bond donors (Lipinski definition) is 0. The fourth-order valence-corrected chi connectivity index (χ4v) is 2.64. The van der Waals surface area contributed by atoms with Crippen LogP contribution in [-0.2, 0) is 0 Å². The molecule has 2 aliphatic heterocycles. The third-order valence-electron chi connectivity index (χ3n) is 2.18. The average Bonchev–Trinajstić information content (AvgIpc) is 2.71. The van der Waals surface area contributed by atoms with E-state index in [1.807, 2.05) is 18.0 Å². The summed E-state index contributed by atoms with van der Waals surface area (Å²) in [5.74, 6) is 1.10. The van der Waals surface area contributed by atoms with Crippen LogP contribution >= 0.6 is 11.8 Å². The maximum atomic E-state index is 4.35. The minimum Gasteiger partial charge on any atom is -0.255 e. The fraction of sp³-hybridized carbons (Fsp3) is 0.100. The monoisotopic (exact) mass is 173 g/mol. The lowest BCUT2D eigenvalue weighted by atomic mass is 10.2. The summed E-state index contributed by atoms with van der Waals surface area (Å²) >= 11 is 1.88. The Balaban J connectivity index is 2.50. The lowest BCUT2D eigenvalue weighted by Gasteiger charge is -1.97. The molecule has 2 heteroatoms. The molecule has 0 saturated heterocycles. The van der Waals surface area contributed by atoms with Crippen molar-refractivity contribution in [1.29, 1.82) is 0 Å². The molecule has 0 aliphatic carbocycles. The summed E-state index contributed by atoms with van der Waals surface area (Å²) in [6, 6.07) is 4.32. The first-order valence-corrected chi connectivity index (χ1v) is 4.94. The predicted molar refractivity (Wildman–Crippen MR) is 53.5 cm³/mol. The Bertz CT molecular complexity index is 485. The van der Waals surface area contributed by atoms with Crippen molar-refractivity contribution < 1.29 is 0 Å². The Labute approximate surface area is 74.5 Å². The Morgan fingerprint density at radius 2 is 2.17 bits per heavy atom. The standard InChI is InChI=1S/C10H7NS/c1-2-8-4-6-12-10(8)9-7(1)3-5-11-9/h1-5H,6H2. The van der Waals surface area contributed by atoms with E-state index in [0.29, 0.717) is 0 Å². The van der Waals surface area contributed by atoms with Gasteiger partial charge in [-0.15, -0.1) is 11.8 Å². The van der Waals surface area contributed by atoms with Crippen LogP contribution in [0, 0.1) is 0 Å². The summed E-state index contributed by atoms with van der Waals surface area (Å²) < 4.78 is 0. The van der Waals surface area contributed by atoms with Gasteiger partial charge in [-0.05, 0) is 11.3 Å². The molecule has 0 fully saturated rings. The molecule has 0 saturated carbocycles. The van der Waals surface area contributed by atoms with Crippen LogP contribution in [-0.4, -0.2) is 12.0 Å². The average molecular weight is 173 g/mol. The van der Waals surface area contributed by atoms with Crippen molar-refractivity contribution in [3.05, 3.63) is 22.6 Å². The van der Waals surface area contributed by atoms with Crippen LogP contribution < -0.4 is 10.4 Å². The highest BCUT2D eigenvalue weighted by Gasteiger charge is 2.10. The molecule has 0 bridgehead atoms. The summed E-state index contributed by atoms with van der Waals surface area (Å²) in [6.07, 6.45) is 6.20. The zero-order chi connectivity index (χ0) is 7.97. The summed E-state index contributed by atoms with van der Waals surface area (Å²) in [6.45, 7) is 0. The maximum Gasteiger partial charge on any atom is 0.0844 e. The first-order chi connectivity index (χ1) is 5.95. The number of nitrogens with zero attached hydrogens (tertiary/aromatic N) is 1. The first-order valence-electron chi connectivity index (χ1n) is 3.95. The Morgan fingerprint density at radius 3 is 3.17 bits per heavy atom. The van der Waals surface area contributed by atoms with Crippen molar-refractivity contribution in [2.45, 2.75) is 4.90 Å². The van der Waals surface area contributed by atoms with Crippen LogP contribution in [0.5, 0.6) is 0 Å². The number of fused-ring (bicyclic) bond motifs is 3. The second kappa shape index (κ2) is 2.23. The van der Waals surface area contributed by atoms with E-state index in [4.69, 9.17) is 0 Å². The van der Waals surface area contributed by atoms with Gasteiger partial charge in [0.25, 0.3) is 0 Å². The minimum absolute atomic E-state index is 1.10. The molecule has 0 unspecified atom stereocenters. The van der Waals surface area contributed by atoms with Crippen LogP contribution in [0.3, 0.4) is 0 Å². The molecule has 1 aromatic rings. The Kier molecular flexibility index (Phi) is 1.21. The zero-order valence-electron chi connectivity index (χ0n) is 6.45. The summed E-state index contributed by atoms with van der Waals surface area (Å²) in [5.41, 5.74) is 1.17. The van der Waals surface area contributed by atoms with Gasteiger partial charge in [-0.25, -0.2) is 0 Å². The quantitative estimate of drug-likeness (QED) is 0.571. The largest absolute Gasteiger partial charge is 0.255 e. The lowest BCUT2D eigenvalue weighted by Crippen LogP contribution is -2.07. The van der Waals surface area contributed by atoms with Gasteiger partial charge in [-0.2, -0.15) is 0 Å². The maximum absolute atomic E-state index is 4.35. The lowest BCUT2D eigenvalue weighted by molar-refractivity contribution is 1.33. The van der Waals surface area contributed by atoms with Crippen molar-refractivity contribution >= 4 is 35.8 Å². The van der Waals surface area contributed by atoms with E-state index in [1.54, 1.807) is 0 Å². The van der Waals surface area contributed by atoms with Crippen LogP contribution in [0.1, 0.15) is 0 Å². The van der Waals surface area contributed by atoms with Crippen molar-refractivity contribution in [3.63, 3.8) is 0 Å². The van der Waals surface area contributed by atoms with Gasteiger partial charge in [0.1, 0.15) is 0 Å². The molecule has 1 aromatic carbocycles. The molecular weight excluding hydrogens is 166 g/mol. The van der Waals surface area contributed by atoms with Crippen molar-refractivity contribution in [2.75, 3.05) is 5.75 Å². The van der Waals surface area contributed by atoms with Gasteiger partial charge >= 0.3 is 0 Å². The molecule has 0 aromatic heterocycles. The van der Waals surface area contributed by atoms with Gasteiger partial charge in [0.05, 0.1) is 5.69 Å². The first kappa shape index (κ1) is 6.49. The Morgan fingerprint density at radius 1 is 1.25 bits per heavy atom. The third kappa shape index (κ3) is 0.730. The molecule has 0 radical (unpaired) electrons. The van der Waals surface area contributed by atoms with E-state index >= 15 is 0 Å². The number of benzene rings is 1. The van der Waals surface area contributed by atoms with E-state index in [1.165, 1.54) is 21.0 Å². The van der Waals surface area contributed by atoms with Gasteiger partial charge in [-0.1, -0.05) is 18.2 Å². The number of aliphatic imine (C=N–C) groups is 1. The van der Waals surface area contributed by atoms with E-state index < -0.39 is 0 Å². The fourth-order valence-electron chi connectivity index (χ4n) is 1.59. The highest BCUT2D eigenvalue weighted by Crippen LogP contribution is 2.27. The van der Waals surface area contributed by atoms with Gasteiger partial charge in [0.2, 0.25) is 0 Å². The Hall–Kier alpha value is -1.02. The second-order valence-corrected chi connectivity index (χ2v) is 3.91. The molecule has 2 heterocycles. The molecule has 12 heavy (non-hydrogen) atoms. The van der Waals surface area contributed by atoms with Crippen molar-refractivity contribution in [2.24, 2.45) is 4.99 Å². The number of thioether (sulfide) groups is 1. The van der Waals surface area contributed by atoms with Gasteiger partial charge in [0, 0.05) is 22.1 Å². The van der Waals surface area contributed by atoms with E-state index in [2.05, 4.69) is 29.3 Å². The summed E-state index contributed by atoms with van der Waals surface area (Å²) in [7, 11) is 0. The number of hydrogen-bond acceptors (Lipinski definition) is 2. The van der Waals surface area contributed by atoms with Crippen LogP contribution in [0.15, 0.2) is 22.0 Å². The molecule has 2 aliphatic rings. The molecule has 1 nitrogen and oxygen atoms in total. The molecule has 0 atom stereocenters. The van der Waals surface area contributed by atoms with Gasteiger partial charge in [-0.3, -0.25) is 4.99 Å². The normalized spacial score (nSPS) is 16.7. The van der Waals surface area contributed by atoms with Crippen molar-refractivity contribution in [1.82, 2.24) is 0 Å². The number of rotatable bonds is 0. The molecule has 0 amide bonds. The highest BCUT2D eigenvalue weighted by molar-refractivity contribution is 8.00. The van der Waals surface area contributed by atoms with E-state index in [-0.39, 0.29) is 0 Å². The van der Waals surface area contributed by atoms with Crippen LogP contribution in [0.4, 0.5) is 5.69 Å². The topological polar surface area (TPSA) is 12.4 Å². The SMILES string of the molecule is C1=Nc2c3c(ccc2=C1)=CCS3. The molecule has 3 rings (SSSR count). The highest BCUT2D eigenvalue weighted by atomic mass is 32.2. The molecule has 0 spiro atoms. The summed E-state index contributed by atoms with van der Waals surface area (Å²) in [5, 5.41) is 2.61. The van der Waals surface area contributed by atoms with Crippen LogP contribution in [0.25, 0.3) is 12.2 Å². The van der Waals surface area contributed by atoms with E-state index in [9.17, 15) is 0 Å². The minimum atomic E-state index is 1.10. The molecular formula is C10H7NS. The third-order valence-corrected chi connectivity index (χ3v) is 3.23. The molecule has 0 N–H and O–H groups in total. The second-order valence-electron chi connectivity index (χ2n) is 2.88. The predicted octanol–water partition coefficient (Wildman–Crippen LogP) is 1.07. The molecule has 58 valence electrons. The van der Waals surface area contributed by atoms with E-state index in [0.717, 1.165) is 5.75 Å². The van der Waals surface area contributed by atoms with Crippen molar-refractivity contribution in [3.8, 4) is 0 Å².